The molecular formula is C12H20N4O3. The molecule has 7 heteroatoms. The summed E-state index contributed by atoms with van der Waals surface area (Å²) >= 11 is 0. The molecule has 0 saturated carbocycles. The van der Waals surface area contributed by atoms with Crippen molar-refractivity contribution in [3.63, 3.8) is 0 Å². The minimum Gasteiger partial charge on any atom is -0.392 e. The number of pyridine rings is 1. The number of aliphatic hydroxyl groups is 1. The van der Waals surface area contributed by atoms with Crippen LogP contribution in [0.5, 0.6) is 0 Å². The van der Waals surface area contributed by atoms with Gasteiger partial charge in [-0.05, 0) is 19.4 Å². The van der Waals surface area contributed by atoms with Gasteiger partial charge in [0.25, 0.3) is 0 Å². The van der Waals surface area contributed by atoms with Crippen LogP contribution in [0.15, 0.2) is 12.1 Å². The van der Waals surface area contributed by atoms with Crippen LogP contribution in [0.2, 0.25) is 0 Å². The normalized spacial score (nSPS) is 12.0. The molecule has 0 saturated heterocycles. The third-order valence-corrected chi connectivity index (χ3v) is 2.51. The SMILES string of the molecule is CCCNc1ccc([N+](=O)[O-])c(N(C)CC(C)O)n1. The number of aromatic nitrogens is 1. The van der Waals surface area contributed by atoms with Gasteiger partial charge in [0.2, 0.25) is 5.82 Å². The maximum absolute atomic E-state index is 11.0. The molecule has 1 unspecified atom stereocenters. The number of nitrogens with zero attached hydrogens (tertiary/aromatic N) is 3. The highest BCUT2D eigenvalue weighted by Crippen LogP contribution is 2.26. The highest BCUT2D eigenvalue weighted by atomic mass is 16.6. The van der Waals surface area contributed by atoms with E-state index in [4.69, 9.17) is 0 Å². The first-order valence-corrected chi connectivity index (χ1v) is 6.24. The fourth-order valence-electron chi connectivity index (χ4n) is 1.70. The van der Waals surface area contributed by atoms with Crippen LogP contribution in [0.3, 0.4) is 0 Å². The maximum Gasteiger partial charge on any atom is 0.311 e. The van der Waals surface area contributed by atoms with Gasteiger partial charge in [-0.3, -0.25) is 10.1 Å². The Morgan fingerprint density at radius 1 is 1.58 bits per heavy atom. The van der Waals surface area contributed by atoms with Crippen molar-refractivity contribution >= 4 is 17.3 Å². The topological polar surface area (TPSA) is 91.5 Å². The molecule has 0 aliphatic heterocycles. The molecule has 2 N–H and O–H groups in total. The average Bonchev–Trinajstić information content (AvgIpc) is 2.35. The van der Waals surface area contributed by atoms with Gasteiger partial charge in [-0.1, -0.05) is 6.92 Å². The summed E-state index contributed by atoms with van der Waals surface area (Å²) in [5, 5.41) is 23.4. The van der Waals surface area contributed by atoms with E-state index in [0.717, 1.165) is 13.0 Å². The van der Waals surface area contributed by atoms with Crippen molar-refractivity contribution in [1.29, 1.82) is 0 Å². The molecule has 0 aromatic carbocycles. The van der Waals surface area contributed by atoms with Gasteiger partial charge in [-0.15, -0.1) is 0 Å². The molecule has 0 bridgehead atoms. The zero-order valence-electron chi connectivity index (χ0n) is 11.5. The van der Waals surface area contributed by atoms with Gasteiger partial charge in [0.1, 0.15) is 5.82 Å². The fourth-order valence-corrected chi connectivity index (χ4v) is 1.70. The van der Waals surface area contributed by atoms with Crippen LogP contribution in [0, 0.1) is 10.1 Å². The first-order valence-electron chi connectivity index (χ1n) is 6.24. The molecule has 1 aromatic heterocycles. The second-order valence-corrected chi connectivity index (χ2v) is 4.45. The number of nitrogens with one attached hydrogen (secondary N) is 1. The summed E-state index contributed by atoms with van der Waals surface area (Å²) < 4.78 is 0. The fraction of sp³-hybridized carbons (Fsp3) is 0.583. The summed E-state index contributed by atoms with van der Waals surface area (Å²) in [6.45, 7) is 4.69. The van der Waals surface area contributed by atoms with Crippen LogP contribution >= 0.6 is 0 Å². The standard InChI is InChI=1S/C12H20N4O3/c1-4-7-13-11-6-5-10(16(18)19)12(14-11)15(3)8-9(2)17/h5-6,9,17H,4,7-8H2,1-3H3,(H,13,14). The summed E-state index contributed by atoms with van der Waals surface area (Å²) in [5.74, 6) is 0.854. The van der Waals surface area contributed by atoms with Crippen LogP contribution in [-0.2, 0) is 0 Å². The zero-order valence-corrected chi connectivity index (χ0v) is 11.5. The number of aliphatic hydroxyl groups excluding tert-OH is 1. The van der Waals surface area contributed by atoms with Crippen molar-refractivity contribution < 1.29 is 10.0 Å². The predicted molar refractivity (Wildman–Crippen MR) is 74.6 cm³/mol. The third-order valence-electron chi connectivity index (χ3n) is 2.51. The monoisotopic (exact) mass is 268 g/mol. The highest BCUT2D eigenvalue weighted by Gasteiger charge is 2.20. The van der Waals surface area contributed by atoms with Crippen LogP contribution in [0.4, 0.5) is 17.3 Å². The number of likely N-dealkylation sites (N-methyl/N-ethyl adjacent to an activating group) is 1. The van der Waals surface area contributed by atoms with Crippen molar-refractivity contribution in [3.05, 3.63) is 22.2 Å². The largest absolute Gasteiger partial charge is 0.392 e. The third kappa shape index (κ3) is 4.36. The van der Waals surface area contributed by atoms with E-state index in [-0.39, 0.29) is 18.1 Å². The summed E-state index contributed by atoms with van der Waals surface area (Å²) in [6, 6.07) is 3.02. The van der Waals surface area contributed by atoms with Gasteiger partial charge >= 0.3 is 5.69 Å². The van der Waals surface area contributed by atoms with Crippen LogP contribution in [-0.4, -0.2) is 41.3 Å². The number of anilines is 2. The van der Waals surface area contributed by atoms with Gasteiger partial charge in [-0.25, -0.2) is 4.98 Å². The minimum atomic E-state index is -0.585. The maximum atomic E-state index is 11.0. The van der Waals surface area contributed by atoms with E-state index in [9.17, 15) is 15.2 Å². The van der Waals surface area contributed by atoms with E-state index in [2.05, 4.69) is 10.3 Å². The number of nitro groups is 1. The lowest BCUT2D eigenvalue weighted by Gasteiger charge is -2.20. The van der Waals surface area contributed by atoms with Gasteiger partial charge < -0.3 is 15.3 Å². The van der Waals surface area contributed by atoms with Gasteiger partial charge in [0.05, 0.1) is 11.0 Å². The minimum absolute atomic E-state index is 0.0646. The van der Waals surface area contributed by atoms with Gasteiger partial charge in [0.15, 0.2) is 0 Å². The molecular weight excluding hydrogens is 248 g/mol. The van der Waals surface area contributed by atoms with E-state index in [0.29, 0.717) is 5.82 Å². The Morgan fingerprint density at radius 3 is 2.79 bits per heavy atom. The molecule has 0 amide bonds. The first kappa shape index (κ1) is 15.2. The van der Waals surface area contributed by atoms with E-state index >= 15 is 0 Å². The van der Waals surface area contributed by atoms with Crippen molar-refractivity contribution in [3.8, 4) is 0 Å². The summed E-state index contributed by atoms with van der Waals surface area (Å²) in [5.41, 5.74) is -0.0646. The number of hydrogen-bond acceptors (Lipinski definition) is 6. The molecule has 0 aliphatic rings. The van der Waals surface area contributed by atoms with Gasteiger partial charge in [0, 0.05) is 26.2 Å². The Bertz CT molecular complexity index is 437. The second kappa shape index (κ2) is 6.89. The van der Waals surface area contributed by atoms with Crippen molar-refractivity contribution in [2.24, 2.45) is 0 Å². The molecule has 0 aliphatic carbocycles. The van der Waals surface area contributed by atoms with Crippen molar-refractivity contribution in [2.75, 3.05) is 30.4 Å². The van der Waals surface area contributed by atoms with E-state index in [1.165, 1.54) is 6.07 Å². The van der Waals surface area contributed by atoms with Crippen LogP contribution in [0.1, 0.15) is 20.3 Å². The summed E-state index contributed by atoms with van der Waals surface area (Å²) in [7, 11) is 1.67. The molecule has 19 heavy (non-hydrogen) atoms. The molecule has 1 atom stereocenters. The Kier molecular flexibility index (Phi) is 5.50. The number of rotatable bonds is 7. The summed E-state index contributed by atoms with van der Waals surface area (Å²) in [6.07, 6.45) is 0.357. The number of hydrogen-bond donors (Lipinski definition) is 2. The lowest BCUT2D eigenvalue weighted by molar-refractivity contribution is -0.384. The average molecular weight is 268 g/mol. The second-order valence-electron chi connectivity index (χ2n) is 4.45. The zero-order chi connectivity index (χ0) is 14.4. The lowest BCUT2D eigenvalue weighted by Crippen LogP contribution is -2.28. The van der Waals surface area contributed by atoms with Crippen LogP contribution in [0.25, 0.3) is 0 Å². The van der Waals surface area contributed by atoms with Crippen molar-refractivity contribution in [1.82, 2.24) is 4.98 Å². The van der Waals surface area contributed by atoms with Crippen LogP contribution < -0.4 is 10.2 Å². The molecule has 0 spiro atoms. The highest BCUT2D eigenvalue weighted by molar-refractivity contribution is 5.61. The predicted octanol–water partition coefficient (Wildman–Crippen LogP) is 1.63. The van der Waals surface area contributed by atoms with E-state index < -0.39 is 11.0 Å². The lowest BCUT2D eigenvalue weighted by atomic mass is 10.3. The summed E-state index contributed by atoms with van der Waals surface area (Å²) in [4.78, 5) is 16.4. The molecule has 0 radical (unpaired) electrons. The Morgan fingerprint density at radius 2 is 2.26 bits per heavy atom. The first-order chi connectivity index (χ1) is 8.95. The Labute approximate surface area is 112 Å². The smallest absolute Gasteiger partial charge is 0.311 e. The molecule has 7 nitrogen and oxygen atoms in total. The van der Waals surface area contributed by atoms with E-state index in [1.54, 1.807) is 24.9 Å². The molecule has 0 fully saturated rings. The quantitative estimate of drug-likeness (QED) is 0.577. The molecule has 1 rings (SSSR count). The molecule has 1 heterocycles. The van der Waals surface area contributed by atoms with E-state index in [1.807, 2.05) is 6.92 Å². The molecule has 1 aromatic rings. The Balaban J connectivity index is 3.04. The van der Waals surface area contributed by atoms with Gasteiger partial charge in [-0.2, -0.15) is 0 Å². The molecule has 106 valence electrons. The van der Waals surface area contributed by atoms with Crippen molar-refractivity contribution in [2.45, 2.75) is 26.4 Å². The Hall–Kier alpha value is -1.89.